The molecule has 2 rings (SSSR count). The molecule has 0 aliphatic rings. The van der Waals surface area contributed by atoms with Gasteiger partial charge in [0.1, 0.15) is 11.8 Å². The molecule has 74 valence electrons. The molecule has 1 heterocycles. The van der Waals surface area contributed by atoms with Crippen LogP contribution in [-0.4, -0.2) is 0 Å². The third-order valence-corrected chi connectivity index (χ3v) is 2.86. The van der Waals surface area contributed by atoms with Crippen molar-refractivity contribution in [1.82, 2.24) is 0 Å². The van der Waals surface area contributed by atoms with E-state index in [1.165, 1.54) is 0 Å². The van der Waals surface area contributed by atoms with Crippen LogP contribution in [-0.2, 0) is 5.54 Å². The highest BCUT2D eigenvalue weighted by atomic mass is 79.9. The molecule has 0 amide bonds. The number of nitrogens with two attached hydrogens (primary N) is 1. The Morgan fingerprint density at radius 1 is 1.36 bits per heavy atom. The van der Waals surface area contributed by atoms with Crippen molar-refractivity contribution >= 4 is 26.9 Å². The Bertz CT molecular complexity index is 468. The minimum atomic E-state index is -0.378. The molecule has 2 aromatic rings. The first-order valence-electron chi connectivity index (χ1n) is 4.45. The maximum Gasteiger partial charge on any atom is 0.140 e. The maximum absolute atomic E-state index is 6.06. The van der Waals surface area contributed by atoms with Crippen molar-refractivity contribution in [2.24, 2.45) is 5.73 Å². The average Bonchev–Trinajstić information content (AvgIpc) is 2.46. The van der Waals surface area contributed by atoms with Crippen LogP contribution >= 0.6 is 15.9 Å². The van der Waals surface area contributed by atoms with E-state index in [1.54, 1.807) is 6.26 Å². The van der Waals surface area contributed by atoms with Crippen LogP contribution in [0.1, 0.15) is 19.4 Å². The summed E-state index contributed by atoms with van der Waals surface area (Å²) in [6, 6.07) is 6.00. The fraction of sp³-hybridized carbons (Fsp3) is 0.273. The SMILES string of the molecule is CC(C)(N)c1cccc2c(Br)coc12. The second kappa shape index (κ2) is 3.11. The Morgan fingerprint density at radius 3 is 2.71 bits per heavy atom. The van der Waals surface area contributed by atoms with Gasteiger partial charge in [0.15, 0.2) is 0 Å². The lowest BCUT2D eigenvalue weighted by molar-refractivity contribution is 0.535. The van der Waals surface area contributed by atoms with Crippen molar-refractivity contribution in [3.8, 4) is 0 Å². The van der Waals surface area contributed by atoms with Crippen LogP contribution in [0.15, 0.2) is 33.4 Å². The van der Waals surface area contributed by atoms with E-state index in [1.807, 2.05) is 32.0 Å². The third-order valence-electron chi connectivity index (χ3n) is 2.25. The van der Waals surface area contributed by atoms with E-state index >= 15 is 0 Å². The van der Waals surface area contributed by atoms with Gasteiger partial charge in [0, 0.05) is 16.5 Å². The summed E-state index contributed by atoms with van der Waals surface area (Å²) in [5.74, 6) is 0. The monoisotopic (exact) mass is 253 g/mol. The van der Waals surface area contributed by atoms with Crippen LogP contribution in [0.25, 0.3) is 11.0 Å². The predicted octanol–water partition coefficient (Wildman–Crippen LogP) is 3.39. The molecule has 0 aliphatic heterocycles. The smallest absolute Gasteiger partial charge is 0.140 e. The molecule has 0 saturated carbocycles. The Morgan fingerprint density at radius 2 is 2.07 bits per heavy atom. The van der Waals surface area contributed by atoms with E-state index in [4.69, 9.17) is 10.2 Å². The molecule has 3 heteroatoms. The van der Waals surface area contributed by atoms with E-state index in [9.17, 15) is 0 Å². The van der Waals surface area contributed by atoms with E-state index in [-0.39, 0.29) is 5.54 Å². The number of para-hydroxylation sites is 1. The van der Waals surface area contributed by atoms with Gasteiger partial charge in [-0.25, -0.2) is 0 Å². The van der Waals surface area contributed by atoms with Gasteiger partial charge in [0.25, 0.3) is 0 Å². The number of furan rings is 1. The Kier molecular flexibility index (Phi) is 2.16. The quantitative estimate of drug-likeness (QED) is 0.847. The molecule has 0 radical (unpaired) electrons. The first-order valence-corrected chi connectivity index (χ1v) is 5.24. The van der Waals surface area contributed by atoms with Gasteiger partial charge in [-0.2, -0.15) is 0 Å². The molecule has 1 aromatic carbocycles. The van der Waals surface area contributed by atoms with Gasteiger partial charge >= 0.3 is 0 Å². The van der Waals surface area contributed by atoms with Crippen molar-refractivity contribution in [2.75, 3.05) is 0 Å². The summed E-state index contributed by atoms with van der Waals surface area (Å²) in [6.07, 6.45) is 1.69. The Labute approximate surface area is 91.2 Å². The van der Waals surface area contributed by atoms with Crippen LogP contribution in [0, 0.1) is 0 Å². The number of benzene rings is 1. The molecule has 0 unspecified atom stereocenters. The summed E-state index contributed by atoms with van der Waals surface area (Å²) in [5.41, 5.74) is 7.57. The average molecular weight is 254 g/mol. The second-order valence-electron chi connectivity index (χ2n) is 3.99. The Balaban J connectivity index is 2.79. The maximum atomic E-state index is 6.06. The molecular weight excluding hydrogens is 242 g/mol. The zero-order chi connectivity index (χ0) is 10.3. The zero-order valence-corrected chi connectivity index (χ0v) is 9.76. The van der Waals surface area contributed by atoms with E-state index in [2.05, 4.69) is 15.9 Å². The van der Waals surface area contributed by atoms with Crippen LogP contribution in [0.4, 0.5) is 0 Å². The summed E-state index contributed by atoms with van der Waals surface area (Å²) < 4.78 is 6.45. The summed E-state index contributed by atoms with van der Waals surface area (Å²) in [7, 11) is 0. The molecule has 14 heavy (non-hydrogen) atoms. The molecule has 2 nitrogen and oxygen atoms in total. The molecule has 0 aliphatic carbocycles. The lowest BCUT2D eigenvalue weighted by Crippen LogP contribution is -2.28. The van der Waals surface area contributed by atoms with Crippen molar-refractivity contribution in [3.63, 3.8) is 0 Å². The molecule has 0 fully saturated rings. The number of rotatable bonds is 1. The Hall–Kier alpha value is -0.800. The summed E-state index contributed by atoms with van der Waals surface area (Å²) >= 11 is 3.43. The molecular formula is C11H12BrNO. The van der Waals surface area contributed by atoms with Gasteiger partial charge in [-0.1, -0.05) is 12.1 Å². The molecule has 2 N–H and O–H groups in total. The first kappa shape index (κ1) is 9.74. The molecule has 0 spiro atoms. The third kappa shape index (κ3) is 1.47. The van der Waals surface area contributed by atoms with Crippen LogP contribution in [0.5, 0.6) is 0 Å². The van der Waals surface area contributed by atoms with E-state index in [0.29, 0.717) is 0 Å². The lowest BCUT2D eigenvalue weighted by atomic mass is 9.94. The number of hydrogen-bond acceptors (Lipinski definition) is 2. The lowest BCUT2D eigenvalue weighted by Gasteiger charge is -2.18. The topological polar surface area (TPSA) is 39.2 Å². The molecule has 0 atom stereocenters. The fourth-order valence-electron chi connectivity index (χ4n) is 1.53. The second-order valence-corrected chi connectivity index (χ2v) is 4.84. The van der Waals surface area contributed by atoms with Gasteiger partial charge in [-0.3, -0.25) is 0 Å². The number of hydrogen-bond donors (Lipinski definition) is 1. The largest absolute Gasteiger partial charge is 0.463 e. The number of fused-ring (bicyclic) bond motifs is 1. The minimum absolute atomic E-state index is 0.378. The van der Waals surface area contributed by atoms with E-state index < -0.39 is 0 Å². The van der Waals surface area contributed by atoms with Crippen LogP contribution < -0.4 is 5.73 Å². The summed E-state index contributed by atoms with van der Waals surface area (Å²) in [4.78, 5) is 0. The summed E-state index contributed by atoms with van der Waals surface area (Å²) in [5, 5.41) is 1.07. The van der Waals surface area contributed by atoms with Gasteiger partial charge < -0.3 is 10.2 Å². The van der Waals surface area contributed by atoms with Crippen LogP contribution in [0.3, 0.4) is 0 Å². The van der Waals surface area contributed by atoms with Crippen LogP contribution in [0.2, 0.25) is 0 Å². The molecule has 1 aromatic heterocycles. The van der Waals surface area contributed by atoms with Crippen molar-refractivity contribution in [1.29, 1.82) is 0 Å². The number of halogens is 1. The van der Waals surface area contributed by atoms with Gasteiger partial charge in [0.05, 0.1) is 4.47 Å². The molecule has 0 saturated heterocycles. The zero-order valence-electron chi connectivity index (χ0n) is 8.17. The van der Waals surface area contributed by atoms with E-state index in [0.717, 1.165) is 21.0 Å². The van der Waals surface area contributed by atoms with Gasteiger partial charge in [-0.15, -0.1) is 0 Å². The van der Waals surface area contributed by atoms with Crippen molar-refractivity contribution in [3.05, 3.63) is 34.5 Å². The fourth-order valence-corrected chi connectivity index (χ4v) is 1.94. The summed E-state index contributed by atoms with van der Waals surface area (Å²) in [6.45, 7) is 3.94. The highest BCUT2D eigenvalue weighted by molar-refractivity contribution is 9.10. The predicted molar refractivity (Wildman–Crippen MR) is 61.1 cm³/mol. The highest BCUT2D eigenvalue weighted by Gasteiger charge is 2.19. The van der Waals surface area contributed by atoms with Gasteiger partial charge in [0.2, 0.25) is 0 Å². The standard InChI is InChI=1S/C11H12BrNO/c1-11(2,13)8-5-3-4-7-9(12)6-14-10(7)8/h3-6H,13H2,1-2H3. The molecule has 0 bridgehead atoms. The first-order chi connectivity index (χ1) is 6.50. The van der Waals surface area contributed by atoms with Gasteiger partial charge in [-0.05, 0) is 35.8 Å². The van der Waals surface area contributed by atoms with Crippen molar-refractivity contribution < 1.29 is 4.42 Å². The minimum Gasteiger partial charge on any atom is -0.463 e. The van der Waals surface area contributed by atoms with Crippen molar-refractivity contribution in [2.45, 2.75) is 19.4 Å². The normalized spacial score (nSPS) is 12.3. The highest BCUT2D eigenvalue weighted by Crippen LogP contribution is 2.32.